The van der Waals surface area contributed by atoms with Gasteiger partial charge < -0.3 is 25.5 Å². The lowest BCUT2D eigenvalue weighted by atomic mass is 9.88. The smallest absolute Gasteiger partial charge is 0.123 e. The molecule has 0 saturated heterocycles. The molecule has 2 aromatic rings. The molecule has 2 aromatic carbocycles. The van der Waals surface area contributed by atoms with Gasteiger partial charge in [0.25, 0.3) is 0 Å². The third kappa shape index (κ3) is 6.11. The molecular formula is C24H30O5. The molecule has 0 radical (unpaired) electrons. The highest BCUT2D eigenvalue weighted by Crippen LogP contribution is 2.36. The molecule has 0 aliphatic heterocycles. The third-order valence-corrected chi connectivity index (χ3v) is 4.80. The van der Waals surface area contributed by atoms with Crippen LogP contribution in [0.5, 0.6) is 17.2 Å². The largest absolute Gasteiger partial charge is 0.508 e. The Morgan fingerprint density at radius 1 is 0.966 bits per heavy atom. The van der Waals surface area contributed by atoms with Gasteiger partial charge in [-0.25, -0.2) is 0 Å². The van der Waals surface area contributed by atoms with Crippen molar-refractivity contribution in [2.75, 3.05) is 0 Å². The monoisotopic (exact) mass is 398 g/mol. The van der Waals surface area contributed by atoms with Crippen molar-refractivity contribution >= 4 is 12.2 Å². The van der Waals surface area contributed by atoms with Crippen molar-refractivity contribution in [1.82, 2.24) is 0 Å². The minimum Gasteiger partial charge on any atom is -0.508 e. The Morgan fingerprint density at radius 2 is 1.55 bits per heavy atom. The van der Waals surface area contributed by atoms with Crippen LogP contribution in [-0.4, -0.2) is 37.2 Å². The zero-order chi connectivity index (χ0) is 21.8. The number of hydrogen-bond donors (Lipinski definition) is 5. The summed E-state index contributed by atoms with van der Waals surface area (Å²) in [7, 11) is 0. The molecule has 0 saturated carbocycles. The molecule has 0 heterocycles. The van der Waals surface area contributed by atoms with Crippen molar-refractivity contribution in [2.45, 2.75) is 52.2 Å². The normalized spacial score (nSPS) is 12.9. The Labute approximate surface area is 171 Å². The van der Waals surface area contributed by atoms with Gasteiger partial charge in [0.05, 0.1) is 11.7 Å². The van der Waals surface area contributed by atoms with Crippen LogP contribution < -0.4 is 0 Å². The number of benzene rings is 2. The van der Waals surface area contributed by atoms with Gasteiger partial charge in [-0.15, -0.1) is 0 Å². The van der Waals surface area contributed by atoms with Crippen molar-refractivity contribution in [2.24, 2.45) is 0 Å². The quantitative estimate of drug-likeness (QED) is 0.356. The highest BCUT2D eigenvalue weighted by atomic mass is 16.3. The van der Waals surface area contributed by atoms with Crippen LogP contribution in [0, 0.1) is 0 Å². The maximum Gasteiger partial charge on any atom is 0.123 e. The first-order chi connectivity index (χ1) is 13.5. The van der Waals surface area contributed by atoms with Crippen LogP contribution in [0.3, 0.4) is 0 Å². The van der Waals surface area contributed by atoms with Crippen molar-refractivity contribution < 1.29 is 25.5 Å². The van der Waals surface area contributed by atoms with Crippen LogP contribution in [0.25, 0.3) is 12.2 Å². The molecule has 0 bridgehead atoms. The van der Waals surface area contributed by atoms with Gasteiger partial charge in [0, 0.05) is 23.6 Å². The summed E-state index contributed by atoms with van der Waals surface area (Å²) in [6.07, 6.45) is 4.92. The minimum atomic E-state index is -1.34. The number of phenolic OH excluding ortho intramolecular Hbond substituents is 3. The van der Waals surface area contributed by atoms with Gasteiger partial charge in [-0.2, -0.15) is 0 Å². The molecule has 5 N–H and O–H groups in total. The maximum atomic E-state index is 10.5. The molecule has 0 spiro atoms. The van der Waals surface area contributed by atoms with E-state index in [1.165, 1.54) is 19.9 Å². The standard InChI is InChI=1S/C24H30O5/c1-15(2)5-11-19-18(12-8-16-6-9-17(25)10-7-16)20(22(27)14-21(19)26)13-23(28)24(3,4)29/h5-10,12,14,23,25-29H,11,13H2,1-4H3/b12-8+. The van der Waals surface area contributed by atoms with E-state index in [1.807, 2.05) is 19.9 Å². The molecule has 5 heteroatoms. The molecule has 1 unspecified atom stereocenters. The number of aromatic hydroxyl groups is 3. The number of aliphatic hydroxyl groups is 2. The van der Waals surface area contributed by atoms with E-state index in [9.17, 15) is 25.5 Å². The number of aliphatic hydroxyl groups excluding tert-OH is 1. The Morgan fingerprint density at radius 3 is 2.10 bits per heavy atom. The molecular weight excluding hydrogens is 368 g/mol. The van der Waals surface area contributed by atoms with E-state index in [4.69, 9.17) is 0 Å². The lowest BCUT2D eigenvalue weighted by Gasteiger charge is -2.26. The molecule has 0 amide bonds. The van der Waals surface area contributed by atoms with Gasteiger partial charge in [-0.3, -0.25) is 0 Å². The van der Waals surface area contributed by atoms with Crippen LogP contribution in [0.15, 0.2) is 42.0 Å². The van der Waals surface area contributed by atoms with Crippen molar-refractivity contribution in [1.29, 1.82) is 0 Å². The van der Waals surface area contributed by atoms with Gasteiger partial charge in [-0.05, 0) is 57.4 Å². The molecule has 0 fully saturated rings. The van der Waals surface area contributed by atoms with Gasteiger partial charge >= 0.3 is 0 Å². The Bertz CT molecular complexity index is 898. The topological polar surface area (TPSA) is 101 Å². The molecule has 0 aromatic heterocycles. The summed E-state index contributed by atoms with van der Waals surface area (Å²) in [6, 6.07) is 7.91. The summed E-state index contributed by atoms with van der Waals surface area (Å²) < 4.78 is 0. The van der Waals surface area contributed by atoms with E-state index >= 15 is 0 Å². The lowest BCUT2D eigenvalue weighted by molar-refractivity contribution is -0.0471. The highest BCUT2D eigenvalue weighted by molar-refractivity contribution is 5.76. The number of rotatable bonds is 7. The summed E-state index contributed by atoms with van der Waals surface area (Å²) in [5, 5.41) is 50.9. The SMILES string of the molecule is CC(C)=CCc1c(O)cc(O)c(CC(O)C(C)(C)O)c1/C=C/c1ccc(O)cc1. The first kappa shape index (κ1) is 22.5. The molecule has 29 heavy (non-hydrogen) atoms. The van der Waals surface area contributed by atoms with Crippen LogP contribution in [0.4, 0.5) is 0 Å². The maximum absolute atomic E-state index is 10.5. The van der Waals surface area contributed by atoms with E-state index in [2.05, 4.69) is 0 Å². The summed E-state index contributed by atoms with van der Waals surface area (Å²) in [5.74, 6) is -0.0145. The van der Waals surface area contributed by atoms with E-state index in [0.29, 0.717) is 23.1 Å². The fraction of sp³-hybridized carbons (Fsp3) is 0.333. The van der Waals surface area contributed by atoms with Crippen LogP contribution >= 0.6 is 0 Å². The van der Waals surface area contributed by atoms with Crippen LogP contribution in [-0.2, 0) is 12.8 Å². The zero-order valence-electron chi connectivity index (χ0n) is 17.3. The summed E-state index contributed by atoms with van der Waals surface area (Å²) in [4.78, 5) is 0. The third-order valence-electron chi connectivity index (χ3n) is 4.80. The first-order valence-electron chi connectivity index (χ1n) is 9.56. The Hall–Kier alpha value is -2.76. The molecule has 156 valence electrons. The number of hydrogen-bond acceptors (Lipinski definition) is 5. The zero-order valence-corrected chi connectivity index (χ0v) is 17.3. The Kier molecular flexibility index (Phi) is 7.11. The van der Waals surface area contributed by atoms with Crippen LogP contribution in [0.2, 0.25) is 0 Å². The lowest BCUT2D eigenvalue weighted by Crippen LogP contribution is -2.37. The van der Waals surface area contributed by atoms with Gasteiger partial charge in [0.1, 0.15) is 17.2 Å². The highest BCUT2D eigenvalue weighted by Gasteiger charge is 2.27. The molecule has 1 atom stereocenters. The predicted octanol–water partition coefficient (Wildman–Crippen LogP) is 4.16. The van der Waals surface area contributed by atoms with Crippen LogP contribution in [0.1, 0.15) is 49.9 Å². The van der Waals surface area contributed by atoms with E-state index in [-0.39, 0.29) is 23.7 Å². The van der Waals surface area contributed by atoms with Gasteiger partial charge in [0.2, 0.25) is 0 Å². The van der Waals surface area contributed by atoms with Crippen molar-refractivity contribution in [3.63, 3.8) is 0 Å². The fourth-order valence-corrected chi connectivity index (χ4v) is 2.91. The predicted molar refractivity (Wildman–Crippen MR) is 116 cm³/mol. The second kappa shape index (κ2) is 9.16. The second-order valence-electron chi connectivity index (χ2n) is 8.07. The number of allylic oxidation sites excluding steroid dienone is 2. The van der Waals surface area contributed by atoms with E-state index in [0.717, 1.165) is 11.1 Å². The average Bonchev–Trinajstić information content (AvgIpc) is 2.61. The summed E-state index contributed by atoms with van der Waals surface area (Å²) >= 11 is 0. The second-order valence-corrected chi connectivity index (χ2v) is 8.07. The van der Waals surface area contributed by atoms with Gasteiger partial charge in [-0.1, -0.05) is 35.9 Å². The number of phenols is 3. The molecule has 0 aliphatic carbocycles. The van der Waals surface area contributed by atoms with Crippen molar-refractivity contribution in [3.8, 4) is 17.2 Å². The minimum absolute atomic E-state index is 0.0205. The Balaban J connectivity index is 2.59. The summed E-state index contributed by atoms with van der Waals surface area (Å²) in [5.41, 5.74) is 2.23. The fourth-order valence-electron chi connectivity index (χ4n) is 2.91. The molecule has 0 aliphatic rings. The van der Waals surface area contributed by atoms with E-state index < -0.39 is 11.7 Å². The first-order valence-corrected chi connectivity index (χ1v) is 9.56. The molecule has 5 nitrogen and oxygen atoms in total. The van der Waals surface area contributed by atoms with Crippen molar-refractivity contribution in [3.05, 3.63) is 64.2 Å². The average molecular weight is 398 g/mol. The summed E-state index contributed by atoms with van der Waals surface area (Å²) in [6.45, 7) is 6.93. The molecule has 2 rings (SSSR count). The van der Waals surface area contributed by atoms with E-state index in [1.54, 1.807) is 36.4 Å². The van der Waals surface area contributed by atoms with Gasteiger partial charge in [0.15, 0.2) is 0 Å².